The summed E-state index contributed by atoms with van der Waals surface area (Å²) in [5.74, 6) is 1.35. The van der Waals surface area contributed by atoms with Crippen molar-refractivity contribution < 1.29 is 0 Å². The first-order valence-corrected chi connectivity index (χ1v) is 5.51. The zero-order chi connectivity index (χ0) is 11.1. The molecular formula is C13H20N2. The summed E-state index contributed by atoms with van der Waals surface area (Å²) < 4.78 is 0. The minimum absolute atomic E-state index is 0.584. The molecule has 0 aromatic heterocycles. The Morgan fingerprint density at radius 3 is 2.53 bits per heavy atom. The zero-order valence-electron chi connectivity index (χ0n) is 9.61. The molecule has 1 aromatic carbocycles. The molecule has 1 aromatic rings. The topological polar surface area (TPSA) is 38.4 Å². The van der Waals surface area contributed by atoms with E-state index in [2.05, 4.69) is 43.1 Å². The summed E-state index contributed by atoms with van der Waals surface area (Å²) in [4.78, 5) is 4.33. The second-order valence-electron chi connectivity index (χ2n) is 4.21. The summed E-state index contributed by atoms with van der Waals surface area (Å²) in [5.41, 5.74) is 7.14. The molecule has 0 aliphatic rings. The van der Waals surface area contributed by atoms with Crippen LogP contribution in [-0.4, -0.2) is 12.4 Å². The molecule has 15 heavy (non-hydrogen) atoms. The molecule has 0 saturated carbocycles. The highest BCUT2D eigenvalue weighted by Gasteiger charge is 1.96. The fourth-order valence-corrected chi connectivity index (χ4v) is 1.30. The zero-order valence-corrected chi connectivity index (χ0v) is 9.61. The number of aliphatic imine (C=N–C) groups is 1. The van der Waals surface area contributed by atoms with Crippen LogP contribution in [0.4, 0.5) is 0 Å². The Bertz CT molecular complexity index is 302. The highest BCUT2D eigenvalue weighted by Crippen LogP contribution is 2.02. The molecule has 0 aliphatic carbocycles. The van der Waals surface area contributed by atoms with Crippen molar-refractivity contribution in [3.63, 3.8) is 0 Å². The molecule has 2 nitrogen and oxygen atoms in total. The quantitative estimate of drug-likeness (QED) is 0.581. The molecule has 0 aliphatic heterocycles. The first kappa shape index (κ1) is 11.8. The SMILES string of the molecule is CC(C)CN=C(N)CCc1ccccc1. The molecule has 0 amide bonds. The first-order chi connectivity index (χ1) is 7.18. The Labute approximate surface area is 92.2 Å². The number of rotatable bonds is 5. The average molecular weight is 204 g/mol. The van der Waals surface area contributed by atoms with Crippen LogP contribution in [0, 0.1) is 5.92 Å². The number of nitrogens with two attached hydrogens (primary N) is 1. The van der Waals surface area contributed by atoms with Crippen molar-refractivity contribution in [2.45, 2.75) is 26.7 Å². The molecule has 0 atom stereocenters. The number of nitrogens with zero attached hydrogens (tertiary/aromatic N) is 1. The number of hydrogen-bond acceptors (Lipinski definition) is 1. The van der Waals surface area contributed by atoms with Gasteiger partial charge in [0.1, 0.15) is 0 Å². The second kappa shape index (κ2) is 6.23. The molecule has 0 heterocycles. The van der Waals surface area contributed by atoms with Gasteiger partial charge in [-0.3, -0.25) is 4.99 Å². The van der Waals surface area contributed by atoms with Crippen molar-refractivity contribution in [1.82, 2.24) is 0 Å². The highest BCUT2D eigenvalue weighted by molar-refractivity contribution is 5.80. The monoisotopic (exact) mass is 204 g/mol. The summed E-state index contributed by atoms with van der Waals surface area (Å²) >= 11 is 0. The molecule has 0 radical (unpaired) electrons. The third kappa shape index (κ3) is 5.21. The fourth-order valence-electron chi connectivity index (χ4n) is 1.30. The van der Waals surface area contributed by atoms with Crippen LogP contribution in [0.2, 0.25) is 0 Å². The van der Waals surface area contributed by atoms with E-state index in [1.807, 2.05) is 6.07 Å². The standard InChI is InChI=1S/C13H20N2/c1-11(2)10-15-13(14)9-8-12-6-4-3-5-7-12/h3-7,11H,8-10H2,1-2H3,(H2,14,15). The molecule has 2 N–H and O–H groups in total. The molecule has 2 heteroatoms. The lowest BCUT2D eigenvalue weighted by atomic mass is 10.1. The Kier molecular flexibility index (Phi) is 4.88. The van der Waals surface area contributed by atoms with E-state index in [1.165, 1.54) is 5.56 Å². The number of aryl methyl sites for hydroxylation is 1. The lowest BCUT2D eigenvalue weighted by molar-refractivity contribution is 0.663. The van der Waals surface area contributed by atoms with Gasteiger partial charge in [-0.05, 0) is 17.9 Å². The molecule has 0 bridgehead atoms. The summed E-state index contributed by atoms with van der Waals surface area (Å²) in [5, 5.41) is 0. The van der Waals surface area contributed by atoms with E-state index < -0.39 is 0 Å². The molecule has 0 spiro atoms. The van der Waals surface area contributed by atoms with Crippen LogP contribution in [0.15, 0.2) is 35.3 Å². The van der Waals surface area contributed by atoms with E-state index in [0.717, 1.165) is 25.2 Å². The lowest BCUT2D eigenvalue weighted by Crippen LogP contribution is -2.14. The number of amidine groups is 1. The highest BCUT2D eigenvalue weighted by atomic mass is 14.8. The summed E-state index contributed by atoms with van der Waals surface area (Å²) in [6, 6.07) is 10.4. The average Bonchev–Trinajstić information content (AvgIpc) is 2.25. The predicted octanol–water partition coefficient (Wildman–Crippen LogP) is 2.63. The van der Waals surface area contributed by atoms with Crippen LogP contribution in [0.1, 0.15) is 25.8 Å². The molecule has 0 fully saturated rings. The van der Waals surface area contributed by atoms with Gasteiger partial charge in [-0.25, -0.2) is 0 Å². The van der Waals surface area contributed by atoms with Crippen molar-refractivity contribution >= 4 is 5.84 Å². The van der Waals surface area contributed by atoms with Gasteiger partial charge in [-0.15, -0.1) is 0 Å². The predicted molar refractivity (Wildman–Crippen MR) is 66.1 cm³/mol. The molecule has 0 saturated heterocycles. The van der Waals surface area contributed by atoms with Gasteiger partial charge in [-0.1, -0.05) is 44.2 Å². The maximum atomic E-state index is 5.82. The van der Waals surface area contributed by atoms with Crippen LogP contribution in [0.5, 0.6) is 0 Å². The minimum Gasteiger partial charge on any atom is -0.387 e. The largest absolute Gasteiger partial charge is 0.387 e. The van der Waals surface area contributed by atoms with Gasteiger partial charge >= 0.3 is 0 Å². The van der Waals surface area contributed by atoms with Gasteiger partial charge in [0, 0.05) is 13.0 Å². The Hall–Kier alpha value is -1.31. The van der Waals surface area contributed by atoms with Crippen LogP contribution in [-0.2, 0) is 6.42 Å². The van der Waals surface area contributed by atoms with Crippen molar-refractivity contribution in [2.75, 3.05) is 6.54 Å². The third-order valence-electron chi connectivity index (χ3n) is 2.17. The Morgan fingerprint density at radius 1 is 1.27 bits per heavy atom. The van der Waals surface area contributed by atoms with E-state index in [4.69, 9.17) is 5.73 Å². The molecule has 82 valence electrons. The van der Waals surface area contributed by atoms with Crippen LogP contribution in [0.25, 0.3) is 0 Å². The maximum absolute atomic E-state index is 5.82. The van der Waals surface area contributed by atoms with Crippen LogP contribution in [0.3, 0.4) is 0 Å². The molecule has 0 unspecified atom stereocenters. The van der Waals surface area contributed by atoms with E-state index in [0.29, 0.717) is 5.92 Å². The van der Waals surface area contributed by atoms with Crippen LogP contribution >= 0.6 is 0 Å². The lowest BCUT2D eigenvalue weighted by Gasteiger charge is -2.03. The van der Waals surface area contributed by atoms with Crippen LogP contribution < -0.4 is 5.73 Å². The smallest absolute Gasteiger partial charge is 0.0940 e. The van der Waals surface area contributed by atoms with Crippen molar-refractivity contribution in [3.8, 4) is 0 Å². The van der Waals surface area contributed by atoms with Gasteiger partial charge in [0.2, 0.25) is 0 Å². The first-order valence-electron chi connectivity index (χ1n) is 5.51. The molecular weight excluding hydrogens is 184 g/mol. The number of hydrogen-bond donors (Lipinski definition) is 1. The van der Waals surface area contributed by atoms with E-state index in [1.54, 1.807) is 0 Å². The van der Waals surface area contributed by atoms with Gasteiger partial charge < -0.3 is 5.73 Å². The fraction of sp³-hybridized carbons (Fsp3) is 0.462. The second-order valence-corrected chi connectivity index (χ2v) is 4.21. The molecule has 1 rings (SSSR count). The summed E-state index contributed by atoms with van der Waals surface area (Å²) in [6.07, 6.45) is 1.84. The van der Waals surface area contributed by atoms with Gasteiger partial charge in [0.25, 0.3) is 0 Å². The summed E-state index contributed by atoms with van der Waals surface area (Å²) in [7, 11) is 0. The summed E-state index contributed by atoms with van der Waals surface area (Å²) in [6.45, 7) is 5.13. The van der Waals surface area contributed by atoms with Gasteiger partial charge in [0.05, 0.1) is 5.84 Å². The van der Waals surface area contributed by atoms with Crippen molar-refractivity contribution in [3.05, 3.63) is 35.9 Å². The Balaban J connectivity index is 2.34. The Morgan fingerprint density at radius 2 is 1.93 bits per heavy atom. The minimum atomic E-state index is 0.584. The maximum Gasteiger partial charge on any atom is 0.0940 e. The number of benzene rings is 1. The van der Waals surface area contributed by atoms with E-state index >= 15 is 0 Å². The normalized spacial score (nSPS) is 12.1. The van der Waals surface area contributed by atoms with Crippen molar-refractivity contribution in [1.29, 1.82) is 0 Å². The van der Waals surface area contributed by atoms with E-state index in [-0.39, 0.29) is 0 Å². The van der Waals surface area contributed by atoms with E-state index in [9.17, 15) is 0 Å². The van der Waals surface area contributed by atoms with Gasteiger partial charge in [0.15, 0.2) is 0 Å². The third-order valence-corrected chi connectivity index (χ3v) is 2.17. The van der Waals surface area contributed by atoms with Crippen molar-refractivity contribution in [2.24, 2.45) is 16.6 Å². The van der Waals surface area contributed by atoms with Gasteiger partial charge in [-0.2, -0.15) is 0 Å².